The van der Waals surface area contributed by atoms with Crippen LogP contribution < -0.4 is 5.46 Å². The summed E-state index contributed by atoms with van der Waals surface area (Å²) in [4.78, 5) is 13.0. The first-order valence-electron chi connectivity index (χ1n) is 9.71. The van der Waals surface area contributed by atoms with Gasteiger partial charge in [0.1, 0.15) is 0 Å². The van der Waals surface area contributed by atoms with Crippen molar-refractivity contribution < 1.29 is 18.8 Å². The summed E-state index contributed by atoms with van der Waals surface area (Å²) in [6.45, 7) is 11.8. The van der Waals surface area contributed by atoms with Crippen LogP contribution in [0.2, 0.25) is 0 Å². The van der Waals surface area contributed by atoms with Crippen molar-refractivity contribution in [3.8, 4) is 0 Å². The first-order chi connectivity index (χ1) is 13.1. The maximum absolute atomic E-state index is 13.0. The largest absolute Gasteiger partial charge is 0.497 e. The summed E-state index contributed by atoms with van der Waals surface area (Å²) in [5, 5.41) is 1.97. The minimum atomic E-state index is -0.566. The molecule has 0 amide bonds. The topological polar surface area (TPSA) is 49.7 Å². The van der Waals surface area contributed by atoms with Gasteiger partial charge in [-0.1, -0.05) is 36.4 Å². The number of carbonyl (C=O) groups excluding carboxylic acids is 1. The third kappa shape index (κ3) is 2.83. The molecule has 5 nitrogen and oxygen atoms in total. The van der Waals surface area contributed by atoms with Gasteiger partial charge in [-0.25, -0.2) is 9.36 Å². The molecule has 146 valence electrons. The van der Waals surface area contributed by atoms with Crippen LogP contribution in [0.3, 0.4) is 0 Å². The molecule has 0 N–H and O–H groups in total. The highest BCUT2D eigenvalue weighted by Gasteiger charge is 2.52. The van der Waals surface area contributed by atoms with Gasteiger partial charge in [-0.15, -0.1) is 0 Å². The number of carbonyl (C=O) groups is 1. The number of rotatable bonds is 2. The summed E-state index contributed by atoms with van der Waals surface area (Å²) in [5.74, 6) is 0. The molecular weight excluding hydrogens is 353 g/mol. The summed E-state index contributed by atoms with van der Waals surface area (Å²) < 4.78 is 19.8. The van der Waals surface area contributed by atoms with E-state index < -0.39 is 24.4 Å². The molecular formula is C22H26BNO4. The van der Waals surface area contributed by atoms with E-state index in [2.05, 4.69) is 0 Å². The number of benzene rings is 2. The van der Waals surface area contributed by atoms with E-state index in [1.807, 2.05) is 84.0 Å². The van der Waals surface area contributed by atoms with E-state index in [1.165, 1.54) is 0 Å². The Morgan fingerprint density at radius 2 is 1.57 bits per heavy atom. The Morgan fingerprint density at radius 1 is 0.964 bits per heavy atom. The standard InChI is InChI=1S/C22H26BNO4/c1-14(2)26-20(25)24-18-13-8-7-10-15(18)16-11-9-12-17(19(16)24)23-27-21(3,4)22(5,6)28-23/h7-14H,1-6H3. The Balaban J connectivity index is 1.98. The quantitative estimate of drug-likeness (QED) is 0.616. The maximum atomic E-state index is 13.0. The molecule has 1 aliphatic rings. The van der Waals surface area contributed by atoms with Gasteiger partial charge in [0.05, 0.1) is 28.3 Å². The fraction of sp³-hybridized carbons (Fsp3) is 0.409. The molecule has 1 aliphatic heterocycles. The van der Waals surface area contributed by atoms with Crippen molar-refractivity contribution in [3.63, 3.8) is 0 Å². The molecule has 0 unspecified atom stereocenters. The van der Waals surface area contributed by atoms with Crippen molar-refractivity contribution in [1.29, 1.82) is 0 Å². The summed E-state index contributed by atoms with van der Waals surface area (Å²) in [6, 6.07) is 13.8. The van der Waals surface area contributed by atoms with Crippen molar-refractivity contribution in [2.75, 3.05) is 0 Å². The SMILES string of the molecule is CC(C)OC(=O)n1c2ccccc2c2cccc(B3OC(C)(C)C(C)(C)O3)c21. The average Bonchev–Trinajstić information content (AvgIpc) is 3.05. The Bertz CT molecular complexity index is 1050. The maximum Gasteiger partial charge on any atom is 0.497 e. The second kappa shape index (κ2) is 6.36. The molecule has 3 aromatic rings. The number of aromatic nitrogens is 1. The molecule has 0 saturated carbocycles. The van der Waals surface area contributed by atoms with Crippen LogP contribution in [-0.2, 0) is 14.0 Å². The number of nitrogens with zero attached hydrogens (tertiary/aromatic N) is 1. The molecule has 0 aliphatic carbocycles. The molecule has 1 aromatic heterocycles. The van der Waals surface area contributed by atoms with E-state index >= 15 is 0 Å². The first kappa shape index (κ1) is 19.0. The number of fused-ring (bicyclic) bond motifs is 3. The average molecular weight is 379 g/mol. The molecule has 1 saturated heterocycles. The van der Waals surface area contributed by atoms with Crippen molar-refractivity contribution in [2.24, 2.45) is 0 Å². The second-order valence-electron chi connectivity index (χ2n) is 8.62. The van der Waals surface area contributed by atoms with E-state index in [1.54, 1.807) is 4.57 Å². The van der Waals surface area contributed by atoms with Crippen LogP contribution in [0.1, 0.15) is 41.5 Å². The molecule has 2 aromatic carbocycles. The molecule has 0 radical (unpaired) electrons. The monoisotopic (exact) mass is 379 g/mol. The van der Waals surface area contributed by atoms with Gasteiger partial charge in [-0.05, 0) is 47.6 Å². The normalized spacial score (nSPS) is 18.3. The third-order valence-corrected chi connectivity index (χ3v) is 5.75. The highest BCUT2D eigenvalue weighted by atomic mass is 16.7. The Labute approximate surface area is 165 Å². The molecule has 4 rings (SSSR count). The molecule has 0 spiro atoms. The molecule has 28 heavy (non-hydrogen) atoms. The Morgan fingerprint density at radius 3 is 2.21 bits per heavy atom. The van der Waals surface area contributed by atoms with Crippen molar-refractivity contribution in [2.45, 2.75) is 58.8 Å². The van der Waals surface area contributed by atoms with Crippen LogP contribution in [0.5, 0.6) is 0 Å². The number of hydrogen-bond donors (Lipinski definition) is 0. The van der Waals surface area contributed by atoms with E-state index in [0.717, 1.165) is 27.3 Å². The Hall–Kier alpha value is -2.31. The van der Waals surface area contributed by atoms with E-state index in [9.17, 15) is 4.79 Å². The third-order valence-electron chi connectivity index (χ3n) is 5.75. The van der Waals surface area contributed by atoms with Gasteiger partial charge < -0.3 is 14.0 Å². The van der Waals surface area contributed by atoms with E-state index in [0.29, 0.717) is 0 Å². The molecule has 1 fully saturated rings. The van der Waals surface area contributed by atoms with Gasteiger partial charge in [0, 0.05) is 16.2 Å². The molecule has 6 heteroatoms. The van der Waals surface area contributed by atoms with Crippen LogP contribution in [-0.4, -0.2) is 35.1 Å². The second-order valence-corrected chi connectivity index (χ2v) is 8.62. The van der Waals surface area contributed by atoms with Crippen molar-refractivity contribution in [3.05, 3.63) is 42.5 Å². The zero-order valence-electron chi connectivity index (χ0n) is 17.3. The number of hydrogen-bond acceptors (Lipinski definition) is 4. The predicted octanol–water partition coefficient (Wildman–Crippen LogP) is 4.49. The number of ether oxygens (including phenoxy) is 1. The minimum absolute atomic E-state index is 0.215. The summed E-state index contributed by atoms with van der Waals surface area (Å²) >= 11 is 0. The highest BCUT2D eigenvalue weighted by molar-refractivity contribution is 6.65. The lowest BCUT2D eigenvalue weighted by molar-refractivity contribution is 0.00578. The van der Waals surface area contributed by atoms with Gasteiger partial charge in [0.15, 0.2) is 0 Å². The van der Waals surface area contributed by atoms with E-state index in [-0.39, 0.29) is 6.10 Å². The number of para-hydroxylation sites is 2. The zero-order valence-corrected chi connectivity index (χ0v) is 17.3. The Kier molecular flexibility index (Phi) is 4.32. The van der Waals surface area contributed by atoms with Gasteiger partial charge in [-0.3, -0.25) is 0 Å². The minimum Gasteiger partial charge on any atom is -0.446 e. The lowest BCUT2D eigenvalue weighted by Gasteiger charge is -2.32. The lowest BCUT2D eigenvalue weighted by atomic mass is 9.77. The lowest BCUT2D eigenvalue weighted by Crippen LogP contribution is -2.41. The highest BCUT2D eigenvalue weighted by Crippen LogP contribution is 2.38. The van der Waals surface area contributed by atoms with Crippen LogP contribution in [0.15, 0.2) is 42.5 Å². The summed E-state index contributed by atoms with van der Waals surface area (Å²) in [5.41, 5.74) is 1.48. The van der Waals surface area contributed by atoms with Crippen LogP contribution in [0.4, 0.5) is 4.79 Å². The van der Waals surface area contributed by atoms with Gasteiger partial charge in [0.25, 0.3) is 0 Å². The zero-order chi connectivity index (χ0) is 20.3. The molecule has 0 bridgehead atoms. The van der Waals surface area contributed by atoms with Gasteiger partial charge in [0.2, 0.25) is 0 Å². The first-order valence-corrected chi connectivity index (χ1v) is 9.71. The fourth-order valence-electron chi connectivity index (χ4n) is 3.65. The van der Waals surface area contributed by atoms with Crippen molar-refractivity contribution in [1.82, 2.24) is 4.57 Å². The van der Waals surface area contributed by atoms with Crippen LogP contribution in [0.25, 0.3) is 21.8 Å². The predicted molar refractivity (Wildman–Crippen MR) is 112 cm³/mol. The smallest absolute Gasteiger partial charge is 0.446 e. The fourth-order valence-corrected chi connectivity index (χ4v) is 3.65. The summed E-state index contributed by atoms with van der Waals surface area (Å²) in [7, 11) is -0.566. The van der Waals surface area contributed by atoms with Gasteiger partial charge >= 0.3 is 13.2 Å². The van der Waals surface area contributed by atoms with Crippen LogP contribution >= 0.6 is 0 Å². The van der Waals surface area contributed by atoms with Crippen molar-refractivity contribution >= 4 is 40.5 Å². The van der Waals surface area contributed by atoms with E-state index in [4.69, 9.17) is 14.0 Å². The molecule has 2 heterocycles. The summed E-state index contributed by atoms with van der Waals surface area (Å²) in [6.07, 6.45) is -0.613. The van der Waals surface area contributed by atoms with Crippen LogP contribution in [0, 0.1) is 0 Å². The van der Waals surface area contributed by atoms with Gasteiger partial charge in [-0.2, -0.15) is 0 Å². The molecule has 0 atom stereocenters.